The summed E-state index contributed by atoms with van der Waals surface area (Å²) in [7, 11) is 4.03. The van der Waals surface area contributed by atoms with Crippen molar-refractivity contribution >= 4 is 41.3 Å². The van der Waals surface area contributed by atoms with Crippen LogP contribution in [0.1, 0.15) is 25.3 Å². The van der Waals surface area contributed by atoms with Crippen LogP contribution in [0.2, 0.25) is 0 Å². The van der Waals surface area contributed by atoms with Crippen molar-refractivity contribution in [3.8, 4) is 0 Å². The second-order valence-electron chi connectivity index (χ2n) is 5.18. The van der Waals surface area contributed by atoms with E-state index >= 15 is 0 Å². The minimum atomic E-state index is 0. The van der Waals surface area contributed by atoms with Gasteiger partial charge in [0, 0.05) is 32.2 Å². The van der Waals surface area contributed by atoms with Gasteiger partial charge in [0.05, 0.1) is 0 Å². The van der Waals surface area contributed by atoms with Crippen molar-refractivity contribution in [1.29, 1.82) is 0 Å². The second-order valence-corrected chi connectivity index (χ2v) is 5.96. The molecule has 1 unspecified atom stereocenters. The van der Waals surface area contributed by atoms with Crippen molar-refractivity contribution in [2.45, 2.75) is 38.4 Å². The predicted octanol–water partition coefficient (Wildman–Crippen LogP) is 2.51. The Bertz CT molecular complexity index is 403. The Balaban J connectivity index is 0.00000200. The van der Waals surface area contributed by atoms with Gasteiger partial charge in [-0.3, -0.25) is 9.89 Å². The van der Waals surface area contributed by atoms with Gasteiger partial charge in [-0.15, -0.1) is 24.0 Å². The van der Waals surface area contributed by atoms with Crippen LogP contribution in [0, 0.1) is 0 Å². The molecule has 0 radical (unpaired) electrons. The number of likely N-dealkylation sites (N-methyl/N-ethyl adjacent to an activating group) is 1. The molecule has 1 atom stereocenters. The average molecular weight is 408 g/mol. The lowest BCUT2D eigenvalue weighted by Crippen LogP contribution is -2.45. The van der Waals surface area contributed by atoms with Gasteiger partial charge in [-0.05, 0) is 49.2 Å². The fraction of sp³-hybridized carbons (Fsp3) is 0.643. The van der Waals surface area contributed by atoms with Gasteiger partial charge in [0.2, 0.25) is 0 Å². The van der Waals surface area contributed by atoms with E-state index in [-0.39, 0.29) is 24.0 Å². The fourth-order valence-electron chi connectivity index (χ4n) is 2.03. The van der Waals surface area contributed by atoms with E-state index in [1.165, 1.54) is 18.4 Å². The van der Waals surface area contributed by atoms with E-state index in [0.29, 0.717) is 6.04 Å². The first-order chi connectivity index (χ1) is 9.20. The van der Waals surface area contributed by atoms with Crippen LogP contribution in [0.15, 0.2) is 21.8 Å². The number of aliphatic imine (C=N–C) groups is 1. The Morgan fingerprint density at radius 3 is 2.80 bits per heavy atom. The summed E-state index contributed by atoms with van der Waals surface area (Å²) in [5.41, 5.74) is 1.30. The molecule has 1 aromatic rings. The number of hydrogen-bond donors (Lipinski definition) is 2. The number of nitrogens with zero attached hydrogens (tertiary/aromatic N) is 2. The number of guanidine groups is 1. The number of halogens is 1. The van der Waals surface area contributed by atoms with Crippen molar-refractivity contribution in [2.24, 2.45) is 4.99 Å². The largest absolute Gasteiger partial charge is 0.355 e. The van der Waals surface area contributed by atoms with Crippen molar-refractivity contribution in [1.82, 2.24) is 15.5 Å². The Morgan fingerprint density at radius 1 is 1.50 bits per heavy atom. The fourth-order valence-corrected chi connectivity index (χ4v) is 2.70. The quantitative estimate of drug-likeness (QED) is 0.432. The van der Waals surface area contributed by atoms with Gasteiger partial charge in [0.25, 0.3) is 0 Å². The summed E-state index contributed by atoms with van der Waals surface area (Å²) < 4.78 is 0. The van der Waals surface area contributed by atoms with Crippen molar-refractivity contribution < 1.29 is 0 Å². The summed E-state index contributed by atoms with van der Waals surface area (Å²) in [5, 5.41) is 11.0. The van der Waals surface area contributed by atoms with Crippen LogP contribution in [0.3, 0.4) is 0 Å². The summed E-state index contributed by atoms with van der Waals surface area (Å²) in [5.74, 6) is 0.877. The average Bonchev–Trinajstić information content (AvgIpc) is 3.15. The predicted molar refractivity (Wildman–Crippen MR) is 98.2 cm³/mol. The van der Waals surface area contributed by atoms with Crippen LogP contribution in [0.25, 0.3) is 0 Å². The Hall–Kier alpha value is -0.340. The maximum Gasteiger partial charge on any atom is 0.191 e. The maximum absolute atomic E-state index is 4.26. The molecule has 1 heterocycles. The summed E-state index contributed by atoms with van der Waals surface area (Å²) >= 11 is 1.72. The molecule has 0 aromatic carbocycles. The van der Waals surface area contributed by atoms with Gasteiger partial charge in [-0.25, -0.2) is 0 Å². The van der Waals surface area contributed by atoms with Gasteiger partial charge in [0.1, 0.15) is 0 Å². The zero-order chi connectivity index (χ0) is 13.7. The Labute approximate surface area is 143 Å². The SMILES string of the molecule is CN=C(NCc1ccsc1)NCC(C)N(C)C1CC1.I. The van der Waals surface area contributed by atoms with Gasteiger partial charge in [-0.2, -0.15) is 11.3 Å². The van der Waals surface area contributed by atoms with E-state index < -0.39 is 0 Å². The first kappa shape index (κ1) is 17.7. The molecule has 20 heavy (non-hydrogen) atoms. The zero-order valence-electron chi connectivity index (χ0n) is 12.4. The molecule has 0 spiro atoms. The summed E-state index contributed by atoms with van der Waals surface area (Å²) in [4.78, 5) is 6.72. The van der Waals surface area contributed by atoms with Crippen LogP contribution in [-0.2, 0) is 6.54 Å². The second kappa shape index (κ2) is 8.84. The summed E-state index contributed by atoms with van der Waals surface area (Å²) in [6, 6.07) is 3.47. The van der Waals surface area contributed by atoms with Gasteiger partial charge >= 0.3 is 0 Å². The molecule has 4 nitrogen and oxygen atoms in total. The van der Waals surface area contributed by atoms with Gasteiger partial charge in [0.15, 0.2) is 5.96 Å². The molecule has 0 saturated heterocycles. The lowest BCUT2D eigenvalue weighted by molar-refractivity contribution is 0.247. The minimum Gasteiger partial charge on any atom is -0.355 e. The summed E-state index contributed by atoms with van der Waals surface area (Å²) in [6.07, 6.45) is 2.71. The van der Waals surface area contributed by atoms with E-state index in [2.05, 4.69) is 51.3 Å². The molecule has 1 fully saturated rings. The third-order valence-electron chi connectivity index (χ3n) is 3.65. The van der Waals surface area contributed by atoms with Crippen LogP contribution in [0.4, 0.5) is 0 Å². The molecule has 1 aromatic heterocycles. The standard InChI is InChI=1S/C14H24N4S.HI/c1-11(18(3)13-4-5-13)8-16-14(15-2)17-9-12-6-7-19-10-12;/h6-7,10-11,13H,4-5,8-9H2,1-3H3,(H2,15,16,17);1H. The van der Waals surface area contributed by atoms with E-state index in [4.69, 9.17) is 0 Å². The van der Waals surface area contributed by atoms with Crippen molar-refractivity contribution in [2.75, 3.05) is 20.6 Å². The van der Waals surface area contributed by atoms with Crippen molar-refractivity contribution in [3.63, 3.8) is 0 Å². The van der Waals surface area contributed by atoms with E-state index in [0.717, 1.165) is 25.1 Å². The molecule has 0 bridgehead atoms. The van der Waals surface area contributed by atoms with Crippen LogP contribution < -0.4 is 10.6 Å². The lowest BCUT2D eigenvalue weighted by atomic mass is 10.3. The smallest absolute Gasteiger partial charge is 0.191 e. The number of rotatable bonds is 6. The molecular formula is C14H25IN4S. The Morgan fingerprint density at radius 2 is 2.25 bits per heavy atom. The maximum atomic E-state index is 4.26. The van der Waals surface area contributed by atoms with E-state index in [1.807, 2.05) is 7.05 Å². The van der Waals surface area contributed by atoms with Crippen LogP contribution in [0.5, 0.6) is 0 Å². The third kappa shape index (κ3) is 5.57. The highest BCUT2D eigenvalue weighted by molar-refractivity contribution is 14.0. The molecule has 114 valence electrons. The zero-order valence-corrected chi connectivity index (χ0v) is 15.6. The normalized spacial score (nSPS) is 16.7. The molecule has 1 aliphatic rings. The number of nitrogens with one attached hydrogen (secondary N) is 2. The summed E-state index contributed by atoms with van der Waals surface area (Å²) in [6.45, 7) is 4.02. The highest BCUT2D eigenvalue weighted by Gasteiger charge is 2.28. The minimum absolute atomic E-state index is 0. The highest BCUT2D eigenvalue weighted by atomic mass is 127. The first-order valence-corrected chi connectivity index (χ1v) is 7.82. The molecule has 2 rings (SSSR count). The molecule has 6 heteroatoms. The van der Waals surface area contributed by atoms with Crippen molar-refractivity contribution in [3.05, 3.63) is 22.4 Å². The van der Waals surface area contributed by atoms with Crippen LogP contribution >= 0.6 is 35.3 Å². The Kier molecular flexibility index (Phi) is 7.83. The third-order valence-corrected chi connectivity index (χ3v) is 4.38. The highest BCUT2D eigenvalue weighted by Crippen LogP contribution is 2.26. The molecule has 0 aliphatic heterocycles. The molecule has 0 amide bonds. The monoisotopic (exact) mass is 408 g/mol. The molecule has 2 N–H and O–H groups in total. The number of hydrogen-bond acceptors (Lipinski definition) is 3. The molecule has 1 saturated carbocycles. The molecule has 1 aliphatic carbocycles. The number of thiophene rings is 1. The van der Waals surface area contributed by atoms with Gasteiger partial charge in [-0.1, -0.05) is 0 Å². The lowest BCUT2D eigenvalue weighted by Gasteiger charge is -2.25. The van der Waals surface area contributed by atoms with Crippen LogP contribution in [-0.4, -0.2) is 43.6 Å². The van der Waals surface area contributed by atoms with E-state index in [1.54, 1.807) is 11.3 Å². The topological polar surface area (TPSA) is 39.7 Å². The van der Waals surface area contributed by atoms with E-state index in [9.17, 15) is 0 Å². The van der Waals surface area contributed by atoms with Gasteiger partial charge < -0.3 is 10.6 Å². The molecular weight excluding hydrogens is 383 g/mol. The first-order valence-electron chi connectivity index (χ1n) is 6.88.